The first kappa shape index (κ1) is 15.4. The molecule has 2 N–H and O–H groups in total. The summed E-state index contributed by atoms with van der Waals surface area (Å²) >= 11 is 0. The van der Waals surface area contributed by atoms with Gasteiger partial charge in [0.2, 0.25) is 0 Å². The van der Waals surface area contributed by atoms with Crippen LogP contribution >= 0.6 is 0 Å². The number of nitrogens with two attached hydrogens (primary N) is 1. The van der Waals surface area contributed by atoms with Gasteiger partial charge in [-0.3, -0.25) is 9.80 Å². The molecule has 0 aliphatic carbocycles. The lowest BCUT2D eigenvalue weighted by molar-refractivity contribution is 0.0351. The maximum atomic E-state index is 13.8. The third kappa shape index (κ3) is 3.03. The van der Waals surface area contributed by atoms with Crippen LogP contribution in [0.4, 0.5) is 4.39 Å². The standard InChI is InChI=1S/C16H26FN3/c1-11-5-6-14(7-15(11)17)16(8-18)20-9-12(2)19(4)13(3)10-20/h5-7,12-13,16H,8-10,18H2,1-4H3. The Morgan fingerprint density at radius 1 is 1.30 bits per heavy atom. The summed E-state index contributed by atoms with van der Waals surface area (Å²) in [6, 6.07) is 6.57. The summed E-state index contributed by atoms with van der Waals surface area (Å²) in [6.07, 6.45) is 0. The second kappa shape index (κ2) is 6.20. The van der Waals surface area contributed by atoms with Gasteiger partial charge in [0, 0.05) is 37.8 Å². The molecule has 1 saturated heterocycles. The van der Waals surface area contributed by atoms with Crippen molar-refractivity contribution in [2.24, 2.45) is 5.73 Å². The maximum absolute atomic E-state index is 13.8. The number of hydrogen-bond acceptors (Lipinski definition) is 3. The molecule has 0 aromatic heterocycles. The quantitative estimate of drug-likeness (QED) is 0.920. The third-order valence-electron chi connectivity index (χ3n) is 4.63. The summed E-state index contributed by atoms with van der Waals surface area (Å²) in [5.41, 5.74) is 7.64. The minimum absolute atomic E-state index is 0.101. The SMILES string of the molecule is Cc1ccc(C(CN)N2CC(C)N(C)C(C)C2)cc1F. The third-order valence-corrected chi connectivity index (χ3v) is 4.63. The number of halogens is 1. The lowest BCUT2D eigenvalue weighted by Gasteiger charge is -2.45. The zero-order valence-corrected chi connectivity index (χ0v) is 12.9. The van der Waals surface area contributed by atoms with E-state index in [1.165, 1.54) is 0 Å². The molecule has 3 nitrogen and oxygen atoms in total. The Morgan fingerprint density at radius 3 is 2.40 bits per heavy atom. The minimum atomic E-state index is -0.142. The average molecular weight is 279 g/mol. The van der Waals surface area contributed by atoms with E-state index < -0.39 is 0 Å². The van der Waals surface area contributed by atoms with Gasteiger partial charge in [0.15, 0.2) is 0 Å². The molecule has 3 atom stereocenters. The van der Waals surface area contributed by atoms with Crippen molar-refractivity contribution in [1.29, 1.82) is 0 Å². The highest BCUT2D eigenvalue weighted by Crippen LogP contribution is 2.26. The van der Waals surface area contributed by atoms with Gasteiger partial charge in [0.1, 0.15) is 5.82 Å². The Labute approximate surface area is 121 Å². The summed E-state index contributed by atoms with van der Waals surface area (Å²) in [7, 11) is 2.16. The number of likely N-dealkylation sites (N-methyl/N-ethyl adjacent to an activating group) is 1. The summed E-state index contributed by atoms with van der Waals surface area (Å²) < 4.78 is 13.8. The maximum Gasteiger partial charge on any atom is 0.126 e. The van der Waals surface area contributed by atoms with E-state index in [2.05, 4.69) is 30.7 Å². The average Bonchev–Trinajstić information content (AvgIpc) is 2.41. The molecular weight excluding hydrogens is 253 g/mol. The van der Waals surface area contributed by atoms with Gasteiger partial charge in [-0.1, -0.05) is 12.1 Å². The lowest BCUT2D eigenvalue weighted by Crippen LogP contribution is -2.56. The van der Waals surface area contributed by atoms with Gasteiger partial charge < -0.3 is 5.73 Å². The van der Waals surface area contributed by atoms with E-state index in [1.807, 2.05) is 12.1 Å². The van der Waals surface area contributed by atoms with Crippen molar-refractivity contribution in [3.05, 3.63) is 35.1 Å². The van der Waals surface area contributed by atoms with E-state index in [1.54, 1.807) is 13.0 Å². The molecule has 1 fully saturated rings. The zero-order chi connectivity index (χ0) is 14.9. The van der Waals surface area contributed by atoms with Crippen LogP contribution in [0.15, 0.2) is 18.2 Å². The Kier molecular flexibility index (Phi) is 4.78. The number of piperazine rings is 1. The van der Waals surface area contributed by atoms with E-state index in [4.69, 9.17) is 5.73 Å². The molecule has 0 bridgehead atoms. The largest absolute Gasteiger partial charge is 0.329 e. The van der Waals surface area contributed by atoms with Gasteiger partial charge in [-0.15, -0.1) is 0 Å². The molecule has 3 unspecified atom stereocenters. The van der Waals surface area contributed by atoms with Crippen LogP contribution in [0.5, 0.6) is 0 Å². The van der Waals surface area contributed by atoms with E-state index in [0.29, 0.717) is 24.2 Å². The van der Waals surface area contributed by atoms with Crippen molar-refractivity contribution in [3.8, 4) is 0 Å². The molecule has 1 aliphatic heterocycles. The van der Waals surface area contributed by atoms with Gasteiger partial charge in [0.05, 0.1) is 0 Å². The predicted octanol–water partition coefficient (Wildman–Crippen LogP) is 2.16. The van der Waals surface area contributed by atoms with Crippen molar-refractivity contribution in [1.82, 2.24) is 9.80 Å². The van der Waals surface area contributed by atoms with Gasteiger partial charge in [-0.2, -0.15) is 0 Å². The summed E-state index contributed by atoms with van der Waals surface area (Å²) in [6.45, 7) is 8.70. The van der Waals surface area contributed by atoms with Crippen LogP contribution in [0.3, 0.4) is 0 Å². The van der Waals surface area contributed by atoms with Crippen LogP contribution in [0, 0.1) is 12.7 Å². The molecule has 1 aromatic rings. The molecule has 4 heteroatoms. The van der Waals surface area contributed by atoms with Crippen molar-refractivity contribution in [2.45, 2.75) is 38.9 Å². The first-order chi connectivity index (χ1) is 9.43. The van der Waals surface area contributed by atoms with E-state index in [0.717, 1.165) is 18.7 Å². The Bertz CT molecular complexity index is 451. The molecule has 2 rings (SSSR count). The molecule has 1 aromatic carbocycles. The molecule has 112 valence electrons. The van der Waals surface area contributed by atoms with Crippen molar-refractivity contribution >= 4 is 0 Å². The van der Waals surface area contributed by atoms with E-state index in [9.17, 15) is 4.39 Å². The minimum Gasteiger partial charge on any atom is -0.329 e. The van der Waals surface area contributed by atoms with Gasteiger partial charge >= 0.3 is 0 Å². The van der Waals surface area contributed by atoms with Crippen LogP contribution in [0.25, 0.3) is 0 Å². The Hall–Kier alpha value is -0.970. The second-order valence-electron chi connectivity index (χ2n) is 6.08. The first-order valence-corrected chi connectivity index (χ1v) is 7.36. The lowest BCUT2D eigenvalue weighted by atomic mass is 10.00. The molecule has 0 saturated carbocycles. The summed E-state index contributed by atoms with van der Waals surface area (Å²) in [5.74, 6) is -0.142. The van der Waals surface area contributed by atoms with Gasteiger partial charge in [-0.25, -0.2) is 4.39 Å². The van der Waals surface area contributed by atoms with Crippen molar-refractivity contribution < 1.29 is 4.39 Å². The van der Waals surface area contributed by atoms with Crippen molar-refractivity contribution in [3.63, 3.8) is 0 Å². The fraction of sp³-hybridized carbons (Fsp3) is 0.625. The van der Waals surface area contributed by atoms with Crippen LogP contribution in [0.2, 0.25) is 0 Å². The highest BCUT2D eigenvalue weighted by molar-refractivity contribution is 5.26. The first-order valence-electron chi connectivity index (χ1n) is 7.36. The summed E-state index contributed by atoms with van der Waals surface area (Å²) in [4.78, 5) is 4.78. The summed E-state index contributed by atoms with van der Waals surface area (Å²) in [5, 5.41) is 0. The molecule has 0 spiro atoms. The van der Waals surface area contributed by atoms with E-state index >= 15 is 0 Å². The van der Waals surface area contributed by atoms with E-state index in [-0.39, 0.29) is 11.9 Å². The zero-order valence-electron chi connectivity index (χ0n) is 12.9. The fourth-order valence-corrected chi connectivity index (χ4v) is 3.01. The fourth-order valence-electron chi connectivity index (χ4n) is 3.01. The van der Waals surface area contributed by atoms with Crippen LogP contribution in [-0.2, 0) is 0 Å². The number of benzene rings is 1. The van der Waals surface area contributed by atoms with Gasteiger partial charge in [-0.05, 0) is 45.0 Å². The highest BCUT2D eigenvalue weighted by Gasteiger charge is 2.31. The molecule has 1 aliphatic rings. The molecule has 0 amide bonds. The molecule has 0 radical (unpaired) electrons. The van der Waals surface area contributed by atoms with Crippen molar-refractivity contribution in [2.75, 3.05) is 26.7 Å². The smallest absolute Gasteiger partial charge is 0.126 e. The number of hydrogen-bond donors (Lipinski definition) is 1. The molecule has 1 heterocycles. The topological polar surface area (TPSA) is 32.5 Å². The van der Waals surface area contributed by atoms with Crippen LogP contribution < -0.4 is 5.73 Å². The predicted molar refractivity (Wildman–Crippen MR) is 81.2 cm³/mol. The Morgan fingerprint density at radius 2 is 1.90 bits per heavy atom. The van der Waals surface area contributed by atoms with Crippen LogP contribution in [0.1, 0.15) is 31.0 Å². The number of rotatable bonds is 3. The monoisotopic (exact) mass is 279 g/mol. The number of aryl methyl sites for hydroxylation is 1. The normalized spacial score (nSPS) is 26.7. The second-order valence-corrected chi connectivity index (χ2v) is 6.08. The number of nitrogens with zero attached hydrogens (tertiary/aromatic N) is 2. The van der Waals surface area contributed by atoms with Gasteiger partial charge in [0.25, 0.3) is 0 Å². The highest BCUT2D eigenvalue weighted by atomic mass is 19.1. The molecular formula is C16H26FN3. The molecule has 20 heavy (non-hydrogen) atoms. The van der Waals surface area contributed by atoms with Crippen LogP contribution in [-0.4, -0.2) is 48.6 Å². The Balaban J connectivity index is 2.21.